The largest absolute Gasteiger partial charge is 0.468 e. The van der Waals surface area contributed by atoms with Crippen molar-refractivity contribution in [2.45, 2.75) is 64.1 Å². The predicted octanol–water partition coefficient (Wildman–Crippen LogP) is 2.14. The lowest BCUT2D eigenvalue weighted by Gasteiger charge is -2.34. The van der Waals surface area contributed by atoms with Crippen molar-refractivity contribution in [3.05, 3.63) is 0 Å². The third-order valence-electron chi connectivity index (χ3n) is 4.10. The Bertz CT molecular complexity index is 339. The molecule has 5 nitrogen and oxygen atoms in total. The summed E-state index contributed by atoms with van der Waals surface area (Å²) in [5.74, 6) is 0.0903. The summed E-state index contributed by atoms with van der Waals surface area (Å²) in [6.45, 7) is 9.03. The van der Waals surface area contributed by atoms with Gasteiger partial charge in [0.1, 0.15) is 5.54 Å². The molecule has 0 aliphatic heterocycles. The fourth-order valence-electron chi connectivity index (χ4n) is 2.49. The van der Waals surface area contributed by atoms with Gasteiger partial charge in [-0.25, -0.2) is 4.79 Å². The number of hydrogen-bond donors (Lipinski definition) is 1. The van der Waals surface area contributed by atoms with Crippen LogP contribution in [-0.4, -0.2) is 50.6 Å². The fourth-order valence-corrected chi connectivity index (χ4v) is 2.49. The molecule has 0 saturated heterocycles. The van der Waals surface area contributed by atoms with Crippen LogP contribution in [0.3, 0.4) is 0 Å². The van der Waals surface area contributed by atoms with Gasteiger partial charge >= 0.3 is 5.97 Å². The van der Waals surface area contributed by atoms with E-state index in [-0.39, 0.29) is 17.6 Å². The maximum atomic E-state index is 12.3. The number of carbonyl (C=O) groups excluding carboxylic acids is 1. The molecular weight excluding hydrogens is 270 g/mol. The lowest BCUT2D eigenvalue weighted by molar-refractivity contribution is -0.153. The molecule has 1 rings (SSSR count). The molecule has 1 aliphatic carbocycles. The molecule has 1 saturated carbocycles. The molecule has 0 aromatic heterocycles. The highest BCUT2D eigenvalue weighted by Crippen LogP contribution is 2.41. The maximum Gasteiger partial charge on any atom is 0.328 e. The molecule has 5 heteroatoms. The molecule has 0 heterocycles. The standard InChI is InChI=1S/C16H31NO4/c1-12(2)17-16(13-7-8-13,14(18)19-5)11-21-10-9-15(3,4)20-6/h12-13,17H,7-11H2,1-6H3. The first-order chi connectivity index (χ1) is 9.77. The van der Waals surface area contributed by atoms with Gasteiger partial charge in [0.25, 0.3) is 0 Å². The molecule has 1 atom stereocenters. The Kier molecular flexibility index (Phi) is 6.63. The zero-order valence-corrected chi connectivity index (χ0v) is 14.3. The molecule has 1 aliphatic rings. The topological polar surface area (TPSA) is 56.8 Å². The summed E-state index contributed by atoms with van der Waals surface area (Å²) in [6.07, 6.45) is 2.87. The van der Waals surface area contributed by atoms with Crippen LogP contribution in [0.4, 0.5) is 0 Å². The van der Waals surface area contributed by atoms with Crippen LogP contribution < -0.4 is 5.32 Å². The number of hydrogen-bond acceptors (Lipinski definition) is 5. The van der Waals surface area contributed by atoms with Crippen LogP contribution in [0.2, 0.25) is 0 Å². The molecule has 0 bridgehead atoms. The lowest BCUT2D eigenvalue weighted by atomic mass is 9.93. The fraction of sp³-hybridized carbons (Fsp3) is 0.938. The minimum atomic E-state index is -0.708. The van der Waals surface area contributed by atoms with Crippen molar-refractivity contribution >= 4 is 5.97 Å². The van der Waals surface area contributed by atoms with Gasteiger partial charge in [-0.2, -0.15) is 0 Å². The molecule has 1 N–H and O–H groups in total. The molecule has 21 heavy (non-hydrogen) atoms. The van der Waals surface area contributed by atoms with Gasteiger partial charge in [-0.15, -0.1) is 0 Å². The molecule has 0 aromatic carbocycles. The van der Waals surface area contributed by atoms with Crippen LogP contribution >= 0.6 is 0 Å². The molecule has 0 amide bonds. The van der Waals surface area contributed by atoms with Gasteiger partial charge in [-0.3, -0.25) is 5.32 Å². The number of carbonyl (C=O) groups is 1. The molecule has 1 fully saturated rings. The minimum Gasteiger partial charge on any atom is -0.468 e. The van der Waals surface area contributed by atoms with Gasteiger partial charge in [-0.05, 0) is 52.9 Å². The van der Waals surface area contributed by atoms with Crippen LogP contribution in [0.5, 0.6) is 0 Å². The van der Waals surface area contributed by atoms with Crippen molar-refractivity contribution < 1.29 is 19.0 Å². The highest BCUT2D eigenvalue weighted by molar-refractivity contribution is 5.82. The Morgan fingerprint density at radius 1 is 1.29 bits per heavy atom. The number of methoxy groups -OCH3 is 2. The summed E-state index contributed by atoms with van der Waals surface area (Å²) in [6, 6.07) is 0.198. The van der Waals surface area contributed by atoms with Crippen LogP contribution in [0.25, 0.3) is 0 Å². The second-order valence-corrected chi connectivity index (χ2v) is 6.80. The van der Waals surface area contributed by atoms with Crippen molar-refractivity contribution in [3.8, 4) is 0 Å². The minimum absolute atomic E-state index is 0.198. The van der Waals surface area contributed by atoms with Crippen LogP contribution in [0.15, 0.2) is 0 Å². The van der Waals surface area contributed by atoms with Crippen LogP contribution in [0, 0.1) is 5.92 Å². The molecule has 0 aromatic rings. The first-order valence-corrected chi connectivity index (χ1v) is 7.76. The Morgan fingerprint density at radius 3 is 2.33 bits per heavy atom. The quantitative estimate of drug-likeness (QED) is 0.495. The number of rotatable bonds is 10. The summed E-state index contributed by atoms with van der Waals surface area (Å²) in [5.41, 5.74) is -0.918. The monoisotopic (exact) mass is 301 g/mol. The first-order valence-electron chi connectivity index (χ1n) is 7.76. The van der Waals surface area contributed by atoms with Gasteiger partial charge in [0.2, 0.25) is 0 Å². The van der Waals surface area contributed by atoms with E-state index < -0.39 is 5.54 Å². The molecular formula is C16H31NO4. The Hall–Kier alpha value is -0.650. The zero-order chi connectivity index (χ0) is 16.1. The van der Waals surface area contributed by atoms with Gasteiger partial charge in [0.05, 0.1) is 19.3 Å². The van der Waals surface area contributed by atoms with E-state index in [1.807, 2.05) is 27.7 Å². The van der Waals surface area contributed by atoms with Gasteiger partial charge in [0, 0.05) is 19.8 Å². The second kappa shape index (κ2) is 7.56. The SMILES string of the molecule is COC(=O)C(COCCC(C)(C)OC)(NC(C)C)C1CC1. The normalized spacial score (nSPS) is 18.6. The molecule has 0 spiro atoms. The van der Waals surface area contributed by atoms with Crippen molar-refractivity contribution in [3.63, 3.8) is 0 Å². The van der Waals surface area contributed by atoms with E-state index in [1.54, 1.807) is 7.11 Å². The third kappa shape index (κ3) is 5.24. The van der Waals surface area contributed by atoms with Crippen molar-refractivity contribution in [2.75, 3.05) is 27.4 Å². The summed E-state index contributed by atoms with van der Waals surface area (Å²) in [5, 5.41) is 3.39. The van der Waals surface area contributed by atoms with Crippen molar-refractivity contribution in [1.82, 2.24) is 5.32 Å². The number of esters is 1. The average molecular weight is 301 g/mol. The van der Waals surface area contributed by atoms with Crippen molar-refractivity contribution in [1.29, 1.82) is 0 Å². The second-order valence-electron chi connectivity index (χ2n) is 6.80. The maximum absolute atomic E-state index is 12.3. The summed E-state index contributed by atoms with van der Waals surface area (Å²) >= 11 is 0. The van der Waals surface area contributed by atoms with E-state index in [1.165, 1.54) is 7.11 Å². The van der Waals surface area contributed by atoms with Gasteiger partial charge in [0.15, 0.2) is 0 Å². The van der Waals surface area contributed by atoms with E-state index >= 15 is 0 Å². The summed E-state index contributed by atoms with van der Waals surface area (Å²) < 4.78 is 16.2. The summed E-state index contributed by atoms with van der Waals surface area (Å²) in [4.78, 5) is 12.3. The highest BCUT2D eigenvalue weighted by Gasteiger charge is 2.52. The smallest absolute Gasteiger partial charge is 0.328 e. The molecule has 124 valence electrons. The molecule has 0 radical (unpaired) electrons. The predicted molar refractivity (Wildman–Crippen MR) is 82.3 cm³/mol. The van der Waals surface area contributed by atoms with Crippen LogP contribution in [-0.2, 0) is 19.0 Å². The van der Waals surface area contributed by atoms with Crippen molar-refractivity contribution in [2.24, 2.45) is 5.92 Å². The Morgan fingerprint density at radius 2 is 1.90 bits per heavy atom. The van der Waals surface area contributed by atoms with E-state index in [9.17, 15) is 4.79 Å². The molecule has 1 unspecified atom stereocenters. The number of nitrogens with one attached hydrogen (secondary N) is 1. The zero-order valence-electron chi connectivity index (χ0n) is 14.3. The van der Waals surface area contributed by atoms with Crippen LogP contribution in [0.1, 0.15) is 47.0 Å². The van der Waals surface area contributed by atoms with Gasteiger partial charge < -0.3 is 14.2 Å². The summed E-state index contributed by atoms with van der Waals surface area (Å²) in [7, 11) is 3.14. The highest BCUT2D eigenvalue weighted by atomic mass is 16.5. The van der Waals surface area contributed by atoms with E-state index in [0.29, 0.717) is 19.1 Å². The lowest BCUT2D eigenvalue weighted by Crippen LogP contribution is -2.60. The van der Waals surface area contributed by atoms with E-state index in [0.717, 1.165) is 19.3 Å². The Balaban J connectivity index is 2.63. The first kappa shape index (κ1) is 18.4. The number of ether oxygens (including phenoxy) is 3. The third-order valence-corrected chi connectivity index (χ3v) is 4.10. The van der Waals surface area contributed by atoms with Gasteiger partial charge in [-0.1, -0.05) is 0 Å². The average Bonchev–Trinajstić information content (AvgIpc) is 3.25. The van der Waals surface area contributed by atoms with E-state index in [2.05, 4.69) is 5.32 Å². The van der Waals surface area contributed by atoms with E-state index in [4.69, 9.17) is 14.2 Å². The Labute approximate surface area is 128 Å².